The quantitative estimate of drug-likeness (QED) is 0.236. The third-order valence-electron chi connectivity index (χ3n) is 7.83. The maximum absolute atomic E-state index is 5.03. The summed E-state index contributed by atoms with van der Waals surface area (Å²) in [5.41, 5.74) is 9.01. The van der Waals surface area contributed by atoms with Gasteiger partial charge < -0.3 is 0 Å². The van der Waals surface area contributed by atoms with Gasteiger partial charge in [-0.25, -0.2) is 4.98 Å². The van der Waals surface area contributed by atoms with Crippen molar-refractivity contribution in [1.29, 1.82) is 0 Å². The van der Waals surface area contributed by atoms with E-state index in [1.807, 2.05) is 0 Å². The predicted octanol–water partition coefficient (Wildman–Crippen LogP) is 8.85. The second-order valence-electron chi connectivity index (χ2n) is 10.1. The summed E-state index contributed by atoms with van der Waals surface area (Å²) >= 11 is 1.75. The number of fused-ring (bicyclic) bond motifs is 9. The molecule has 0 radical (unpaired) electrons. The van der Waals surface area contributed by atoms with Crippen molar-refractivity contribution in [3.63, 3.8) is 0 Å². The number of rotatable bonds is 1. The van der Waals surface area contributed by atoms with Gasteiger partial charge in [-0.15, -0.1) is 0 Å². The minimum Gasteiger partial charge on any atom is -0.285 e. The van der Waals surface area contributed by atoms with Crippen molar-refractivity contribution in [3.05, 3.63) is 108 Å². The summed E-state index contributed by atoms with van der Waals surface area (Å²) in [5.74, 6) is 0. The molecule has 8 rings (SSSR count). The van der Waals surface area contributed by atoms with Crippen LogP contribution in [-0.4, -0.2) is 9.55 Å². The van der Waals surface area contributed by atoms with E-state index in [-0.39, 0.29) is 5.41 Å². The van der Waals surface area contributed by atoms with E-state index in [0.717, 1.165) is 10.6 Å². The number of hydrogen-bond donors (Lipinski definition) is 0. The molecular formula is C32H22N2S. The molecule has 0 amide bonds. The lowest BCUT2D eigenvalue weighted by atomic mass is 9.81. The Balaban J connectivity index is 1.51. The average Bonchev–Trinajstić information content (AvgIpc) is 3.52. The summed E-state index contributed by atoms with van der Waals surface area (Å²) in [6.45, 7) is 4.71. The van der Waals surface area contributed by atoms with Gasteiger partial charge in [-0.3, -0.25) is 4.57 Å². The van der Waals surface area contributed by atoms with Gasteiger partial charge in [-0.1, -0.05) is 85.8 Å². The van der Waals surface area contributed by atoms with E-state index in [0.29, 0.717) is 0 Å². The standard InChI is InChI=1S/C32H22N2S/c1-32(2)24-11-5-3-9-20(24)23-17-19-15-16-28-30(22(19)18-25(23)32)21-10-4-7-13-27(21)34(28)31-33-26-12-6-8-14-29(26)35-31/h3-18H,1-2H3. The van der Waals surface area contributed by atoms with Crippen LogP contribution in [0.25, 0.3) is 59.1 Å². The Labute approximate surface area is 207 Å². The van der Waals surface area contributed by atoms with Crippen LogP contribution >= 0.6 is 11.3 Å². The van der Waals surface area contributed by atoms with Crippen LogP contribution in [0.2, 0.25) is 0 Å². The molecule has 0 unspecified atom stereocenters. The molecular weight excluding hydrogens is 444 g/mol. The zero-order valence-electron chi connectivity index (χ0n) is 19.5. The molecule has 1 aliphatic carbocycles. The summed E-state index contributed by atoms with van der Waals surface area (Å²) in [5, 5.41) is 6.22. The van der Waals surface area contributed by atoms with Crippen molar-refractivity contribution < 1.29 is 0 Å². The van der Waals surface area contributed by atoms with Crippen molar-refractivity contribution in [1.82, 2.24) is 9.55 Å². The zero-order valence-corrected chi connectivity index (χ0v) is 20.4. The van der Waals surface area contributed by atoms with Crippen LogP contribution in [-0.2, 0) is 5.41 Å². The molecule has 0 saturated heterocycles. The molecule has 0 saturated carbocycles. The van der Waals surface area contributed by atoms with Gasteiger partial charge in [0, 0.05) is 16.2 Å². The largest absolute Gasteiger partial charge is 0.285 e. The maximum Gasteiger partial charge on any atom is 0.195 e. The Bertz CT molecular complexity index is 1950. The highest BCUT2D eigenvalue weighted by atomic mass is 32.1. The molecule has 1 aliphatic rings. The average molecular weight is 467 g/mol. The third kappa shape index (κ3) is 2.46. The maximum atomic E-state index is 5.03. The molecule has 0 N–H and O–H groups in total. The van der Waals surface area contributed by atoms with E-state index >= 15 is 0 Å². The fourth-order valence-corrected chi connectivity index (χ4v) is 7.14. The van der Waals surface area contributed by atoms with Gasteiger partial charge in [-0.2, -0.15) is 0 Å². The van der Waals surface area contributed by atoms with E-state index in [1.54, 1.807) is 11.3 Å². The van der Waals surface area contributed by atoms with E-state index in [4.69, 9.17) is 4.98 Å². The Morgan fingerprint density at radius 3 is 2.40 bits per heavy atom. The minimum atomic E-state index is -0.0202. The molecule has 2 nitrogen and oxygen atoms in total. The highest BCUT2D eigenvalue weighted by molar-refractivity contribution is 7.20. The summed E-state index contributed by atoms with van der Waals surface area (Å²) < 4.78 is 3.56. The van der Waals surface area contributed by atoms with Crippen LogP contribution in [0.15, 0.2) is 97.1 Å². The Morgan fingerprint density at radius 1 is 0.686 bits per heavy atom. The van der Waals surface area contributed by atoms with Gasteiger partial charge in [0.25, 0.3) is 0 Å². The zero-order chi connectivity index (χ0) is 23.3. The molecule has 0 spiro atoms. The summed E-state index contributed by atoms with van der Waals surface area (Å²) in [7, 11) is 0. The molecule has 7 aromatic rings. The third-order valence-corrected chi connectivity index (χ3v) is 8.85. The smallest absolute Gasteiger partial charge is 0.195 e. The van der Waals surface area contributed by atoms with Gasteiger partial charge in [0.1, 0.15) is 0 Å². The van der Waals surface area contributed by atoms with Crippen LogP contribution in [0.5, 0.6) is 0 Å². The van der Waals surface area contributed by atoms with Crippen LogP contribution < -0.4 is 0 Å². The molecule has 35 heavy (non-hydrogen) atoms. The van der Waals surface area contributed by atoms with Crippen molar-refractivity contribution in [3.8, 4) is 16.3 Å². The van der Waals surface area contributed by atoms with E-state index in [1.165, 1.54) is 59.5 Å². The first-order valence-corrected chi connectivity index (χ1v) is 12.9. The minimum absolute atomic E-state index is 0.0202. The van der Waals surface area contributed by atoms with Crippen LogP contribution in [0, 0.1) is 0 Å². The number of nitrogens with zero attached hydrogens (tertiary/aromatic N) is 2. The molecule has 5 aromatic carbocycles. The van der Waals surface area contributed by atoms with Crippen LogP contribution in [0.1, 0.15) is 25.0 Å². The lowest BCUT2D eigenvalue weighted by molar-refractivity contribution is 0.661. The number of thiazole rings is 1. The van der Waals surface area contributed by atoms with Gasteiger partial charge in [0.2, 0.25) is 0 Å². The molecule has 166 valence electrons. The molecule has 0 aliphatic heterocycles. The molecule has 3 heteroatoms. The monoisotopic (exact) mass is 466 g/mol. The summed E-state index contributed by atoms with van der Waals surface area (Å²) in [6, 6.07) is 35.5. The molecule has 0 fully saturated rings. The fraction of sp³-hybridized carbons (Fsp3) is 0.0938. The Hall–Kier alpha value is -3.95. The lowest BCUT2D eigenvalue weighted by Crippen LogP contribution is -2.14. The molecule has 2 heterocycles. The highest BCUT2D eigenvalue weighted by Gasteiger charge is 2.35. The van der Waals surface area contributed by atoms with Gasteiger partial charge in [-0.05, 0) is 69.4 Å². The second kappa shape index (κ2) is 6.59. The number of benzene rings is 5. The number of aromatic nitrogens is 2. The van der Waals surface area contributed by atoms with E-state index < -0.39 is 0 Å². The van der Waals surface area contributed by atoms with Crippen molar-refractivity contribution in [2.75, 3.05) is 0 Å². The molecule has 2 aromatic heterocycles. The van der Waals surface area contributed by atoms with Gasteiger partial charge in [0.05, 0.1) is 21.3 Å². The number of hydrogen-bond acceptors (Lipinski definition) is 2. The molecule has 0 atom stereocenters. The normalized spacial score (nSPS) is 14.2. The first kappa shape index (κ1) is 19.4. The van der Waals surface area contributed by atoms with Gasteiger partial charge >= 0.3 is 0 Å². The number of para-hydroxylation sites is 2. The van der Waals surface area contributed by atoms with E-state index in [9.17, 15) is 0 Å². The predicted molar refractivity (Wildman–Crippen MR) is 149 cm³/mol. The lowest BCUT2D eigenvalue weighted by Gasteiger charge is -2.21. The topological polar surface area (TPSA) is 17.8 Å². The SMILES string of the molecule is CC1(C)c2ccccc2-c2cc3ccc4c(c3cc21)c1ccccc1n4-c1nc2ccccc2s1. The van der Waals surface area contributed by atoms with Crippen LogP contribution in [0.3, 0.4) is 0 Å². The summed E-state index contributed by atoms with van der Waals surface area (Å²) in [6.07, 6.45) is 0. The second-order valence-corrected chi connectivity index (χ2v) is 11.1. The Morgan fingerprint density at radius 2 is 1.49 bits per heavy atom. The highest BCUT2D eigenvalue weighted by Crippen LogP contribution is 2.51. The van der Waals surface area contributed by atoms with Crippen molar-refractivity contribution in [2.45, 2.75) is 19.3 Å². The first-order chi connectivity index (χ1) is 17.1. The molecule has 0 bridgehead atoms. The Kier molecular flexibility index (Phi) is 3.64. The van der Waals surface area contributed by atoms with E-state index in [2.05, 4.69) is 115 Å². The van der Waals surface area contributed by atoms with Crippen LogP contribution in [0.4, 0.5) is 0 Å². The first-order valence-electron chi connectivity index (χ1n) is 12.1. The fourth-order valence-electron chi connectivity index (χ4n) is 6.15. The van der Waals surface area contributed by atoms with Crippen molar-refractivity contribution in [2.24, 2.45) is 0 Å². The van der Waals surface area contributed by atoms with Crippen molar-refractivity contribution >= 4 is 54.1 Å². The summed E-state index contributed by atoms with van der Waals surface area (Å²) in [4.78, 5) is 5.03. The van der Waals surface area contributed by atoms with Gasteiger partial charge in [0.15, 0.2) is 5.13 Å².